The van der Waals surface area contributed by atoms with Crippen LogP contribution in [0.25, 0.3) is 0 Å². The predicted molar refractivity (Wildman–Crippen MR) is 98.9 cm³/mol. The van der Waals surface area contributed by atoms with Crippen molar-refractivity contribution in [1.82, 2.24) is 0 Å². The SMILES string of the molecule is CC(C)(C)COS(=O)(=O)Oc1ccc(CC(N)C(=O)OC(C)(C)C)cc1. The fourth-order valence-corrected chi connectivity index (χ4v) is 2.68. The van der Waals surface area contributed by atoms with Crippen LogP contribution < -0.4 is 9.92 Å². The van der Waals surface area contributed by atoms with Gasteiger partial charge in [0.2, 0.25) is 0 Å². The molecule has 0 bridgehead atoms. The monoisotopic (exact) mass is 387 g/mol. The maximum absolute atomic E-state index is 11.9. The van der Waals surface area contributed by atoms with Gasteiger partial charge < -0.3 is 14.7 Å². The van der Waals surface area contributed by atoms with E-state index in [1.807, 2.05) is 20.8 Å². The first-order chi connectivity index (χ1) is 11.7. The number of hydrogen-bond donors (Lipinski definition) is 1. The number of hydrogen-bond acceptors (Lipinski definition) is 7. The largest absolute Gasteiger partial charge is 0.459 e. The Balaban J connectivity index is 2.64. The molecule has 0 spiro atoms. The van der Waals surface area contributed by atoms with Crippen LogP contribution in [0.3, 0.4) is 0 Å². The third-order valence-corrected chi connectivity index (χ3v) is 3.73. The average Bonchev–Trinajstić information content (AvgIpc) is 2.44. The Bertz CT molecular complexity index is 699. The summed E-state index contributed by atoms with van der Waals surface area (Å²) in [4.78, 5) is 11.9. The molecule has 0 aliphatic rings. The minimum atomic E-state index is -4.14. The lowest BCUT2D eigenvalue weighted by atomic mass is 9.99. The summed E-state index contributed by atoms with van der Waals surface area (Å²) in [6.07, 6.45) is 0.266. The normalized spacial score (nSPS) is 14.0. The number of nitrogens with two attached hydrogens (primary N) is 1. The first-order valence-electron chi connectivity index (χ1n) is 8.33. The molecular weight excluding hydrogens is 358 g/mol. The van der Waals surface area contributed by atoms with Crippen molar-refractivity contribution >= 4 is 16.4 Å². The van der Waals surface area contributed by atoms with Crippen LogP contribution in [0.2, 0.25) is 0 Å². The highest BCUT2D eigenvalue weighted by molar-refractivity contribution is 7.82. The molecule has 0 amide bonds. The number of benzene rings is 1. The van der Waals surface area contributed by atoms with Gasteiger partial charge in [0.15, 0.2) is 0 Å². The highest BCUT2D eigenvalue weighted by atomic mass is 32.3. The Labute approximate surface area is 156 Å². The molecule has 1 aromatic carbocycles. The Morgan fingerprint density at radius 3 is 2.08 bits per heavy atom. The molecule has 0 saturated carbocycles. The second-order valence-corrected chi connectivity index (χ2v) is 9.52. The van der Waals surface area contributed by atoms with Crippen molar-refractivity contribution in [3.05, 3.63) is 29.8 Å². The molecule has 0 radical (unpaired) electrons. The van der Waals surface area contributed by atoms with Crippen LogP contribution in [0.15, 0.2) is 24.3 Å². The smallest absolute Gasteiger partial charge is 0.449 e. The van der Waals surface area contributed by atoms with E-state index in [9.17, 15) is 13.2 Å². The van der Waals surface area contributed by atoms with Gasteiger partial charge in [-0.25, -0.2) is 4.18 Å². The van der Waals surface area contributed by atoms with Crippen molar-refractivity contribution in [2.24, 2.45) is 11.1 Å². The van der Waals surface area contributed by atoms with Gasteiger partial charge in [-0.1, -0.05) is 32.9 Å². The van der Waals surface area contributed by atoms with Gasteiger partial charge in [-0.2, -0.15) is 8.42 Å². The van der Waals surface area contributed by atoms with E-state index in [1.54, 1.807) is 32.9 Å². The van der Waals surface area contributed by atoms with E-state index in [0.29, 0.717) is 0 Å². The van der Waals surface area contributed by atoms with Crippen molar-refractivity contribution < 1.29 is 26.3 Å². The summed E-state index contributed by atoms with van der Waals surface area (Å²) in [7, 11) is -4.14. The Hall–Kier alpha value is -1.64. The van der Waals surface area contributed by atoms with Gasteiger partial charge in [0.25, 0.3) is 0 Å². The summed E-state index contributed by atoms with van der Waals surface area (Å²) in [6.45, 7) is 10.9. The standard InChI is InChI=1S/C18H29NO6S/c1-17(2,3)12-23-26(21,22)25-14-9-7-13(8-10-14)11-15(19)16(20)24-18(4,5)6/h7-10,15H,11-12,19H2,1-6H3. The molecule has 1 atom stereocenters. The van der Waals surface area contributed by atoms with Crippen molar-refractivity contribution in [3.8, 4) is 5.75 Å². The van der Waals surface area contributed by atoms with Crippen LogP contribution >= 0.6 is 0 Å². The lowest BCUT2D eigenvalue weighted by Gasteiger charge is -2.22. The van der Waals surface area contributed by atoms with Crippen LogP contribution in [-0.4, -0.2) is 32.6 Å². The quantitative estimate of drug-likeness (QED) is 0.717. The summed E-state index contributed by atoms with van der Waals surface area (Å²) in [5, 5.41) is 0. The molecule has 0 aliphatic heterocycles. The van der Waals surface area contributed by atoms with Crippen LogP contribution in [0.4, 0.5) is 0 Å². The van der Waals surface area contributed by atoms with Gasteiger partial charge in [0.1, 0.15) is 17.4 Å². The molecule has 0 aliphatic carbocycles. The molecule has 7 nitrogen and oxygen atoms in total. The van der Waals surface area contributed by atoms with E-state index in [0.717, 1.165) is 5.56 Å². The lowest BCUT2D eigenvalue weighted by Crippen LogP contribution is -2.38. The molecular formula is C18H29NO6S. The summed E-state index contributed by atoms with van der Waals surface area (Å²) in [6, 6.07) is 5.43. The molecule has 1 rings (SSSR count). The maximum Gasteiger partial charge on any atom is 0.449 e. The topological polar surface area (TPSA) is 105 Å². The van der Waals surface area contributed by atoms with E-state index in [1.165, 1.54) is 12.1 Å². The summed E-state index contributed by atoms with van der Waals surface area (Å²) < 4.78 is 38.6. The number of carbonyl (C=O) groups is 1. The first kappa shape index (κ1) is 22.4. The zero-order chi connectivity index (χ0) is 20.2. The first-order valence-corrected chi connectivity index (χ1v) is 9.66. The zero-order valence-electron chi connectivity index (χ0n) is 16.2. The molecule has 26 heavy (non-hydrogen) atoms. The molecule has 1 unspecified atom stereocenters. The van der Waals surface area contributed by atoms with E-state index < -0.39 is 28.0 Å². The van der Waals surface area contributed by atoms with Gasteiger partial charge in [-0.15, -0.1) is 0 Å². The van der Waals surface area contributed by atoms with E-state index in [2.05, 4.69) is 0 Å². The van der Waals surface area contributed by atoms with Gasteiger partial charge in [-0.3, -0.25) is 4.79 Å². The summed E-state index contributed by atoms with van der Waals surface area (Å²) in [5.41, 5.74) is 5.70. The second-order valence-electron chi connectivity index (χ2n) is 8.30. The molecule has 0 fully saturated rings. The van der Waals surface area contributed by atoms with Crippen LogP contribution in [0.5, 0.6) is 5.75 Å². The molecule has 0 aromatic heterocycles. The van der Waals surface area contributed by atoms with Gasteiger partial charge in [-0.05, 0) is 50.3 Å². The van der Waals surface area contributed by atoms with Crippen molar-refractivity contribution in [3.63, 3.8) is 0 Å². The highest BCUT2D eigenvalue weighted by Gasteiger charge is 2.23. The number of carbonyl (C=O) groups excluding carboxylic acids is 1. The van der Waals surface area contributed by atoms with Crippen molar-refractivity contribution in [1.29, 1.82) is 0 Å². The Morgan fingerprint density at radius 2 is 1.62 bits per heavy atom. The Kier molecular flexibility index (Phi) is 7.21. The van der Waals surface area contributed by atoms with Gasteiger partial charge in [0.05, 0.1) is 6.61 Å². The molecule has 0 saturated heterocycles. The third kappa shape index (κ3) is 9.17. The molecule has 8 heteroatoms. The lowest BCUT2D eigenvalue weighted by molar-refractivity contribution is -0.156. The Morgan fingerprint density at radius 1 is 1.08 bits per heavy atom. The predicted octanol–water partition coefficient (Wildman–Crippen LogP) is 2.58. The highest BCUT2D eigenvalue weighted by Crippen LogP contribution is 2.19. The summed E-state index contributed by atoms with van der Waals surface area (Å²) >= 11 is 0. The maximum atomic E-state index is 11.9. The number of rotatable bonds is 7. The fraction of sp³-hybridized carbons (Fsp3) is 0.611. The van der Waals surface area contributed by atoms with Gasteiger partial charge in [0, 0.05) is 0 Å². The van der Waals surface area contributed by atoms with Crippen LogP contribution in [0.1, 0.15) is 47.1 Å². The molecule has 1 aromatic rings. The summed E-state index contributed by atoms with van der Waals surface area (Å²) in [5.74, 6) is -0.371. The minimum absolute atomic E-state index is 0.0121. The van der Waals surface area contributed by atoms with Crippen molar-refractivity contribution in [2.75, 3.05) is 6.61 Å². The average molecular weight is 387 g/mol. The van der Waals surface area contributed by atoms with E-state index in [4.69, 9.17) is 18.8 Å². The second kappa shape index (κ2) is 8.37. The van der Waals surface area contributed by atoms with E-state index in [-0.39, 0.29) is 24.2 Å². The third-order valence-electron chi connectivity index (χ3n) is 2.92. The molecule has 148 valence electrons. The van der Waals surface area contributed by atoms with Crippen molar-refractivity contribution in [2.45, 2.75) is 59.6 Å². The van der Waals surface area contributed by atoms with Crippen LogP contribution in [0, 0.1) is 5.41 Å². The number of esters is 1. The van der Waals surface area contributed by atoms with E-state index >= 15 is 0 Å². The zero-order valence-corrected chi connectivity index (χ0v) is 17.1. The van der Waals surface area contributed by atoms with Crippen LogP contribution in [-0.2, 0) is 30.5 Å². The fourth-order valence-electron chi connectivity index (χ4n) is 1.79. The number of ether oxygens (including phenoxy) is 1. The van der Waals surface area contributed by atoms with Gasteiger partial charge >= 0.3 is 16.4 Å². The minimum Gasteiger partial charge on any atom is -0.459 e. The molecule has 2 N–H and O–H groups in total. The molecule has 0 heterocycles.